The number of pyridine rings is 1. The van der Waals surface area contributed by atoms with Crippen molar-refractivity contribution < 1.29 is 19.1 Å². The lowest BCUT2D eigenvalue weighted by Gasteiger charge is -2.22. The van der Waals surface area contributed by atoms with Crippen molar-refractivity contribution in [3.63, 3.8) is 0 Å². The van der Waals surface area contributed by atoms with Gasteiger partial charge in [0.15, 0.2) is 5.94 Å². The Morgan fingerprint density at radius 1 is 1.20 bits per heavy atom. The van der Waals surface area contributed by atoms with Gasteiger partial charge in [-0.15, -0.1) is 0 Å². The maximum Gasteiger partial charge on any atom is 0.269 e. The minimum Gasteiger partial charge on any atom is -0.494 e. The molecule has 13 heteroatoms. The Bertz CT molecular complexity index is 1610. The lowest BCUT2D eigenvalue weighted by molar-refractivity contribution is -0.121. The predicted octanol–water partition coefficient (Wildman–Crippen LogP) is 2.09. The van der Waals surface area contributed by atoms with Gasteiger partial charge < -0.3 is 42.8 Å². The molecule has 0 saturated heterocycles. The van der Waals surface area contributed by atoms with E-state index in [0.29, 0.717) is 40.5 Å². The zero-order valence-corrected chi connectivity index (χ0v) is 27.1. The van der Waals surface area contributed by atoms with Crippen LogP contribution in [0.3, 0.4) is 0 Å². The molecule has 13 nitrogen and oxygen atoms in total. The first-order valence-electron chi connectivity index (χ1n) is 14.7. The SMILES string of the molecule is CN=C/C(CN(C)C(=C=O)c1ccc(-c2cccc(NC(/C=C(\N)NC(=O)C3CC3)=C(/N)C(=O)NC)c2OC)cn1)=C(\N)C(C)C. The van der Waals surface area contributed by atoms with E-state index >= 15 is 0 Å². The van der Waals surface area contributed by atoms with Crippen LogP contribution in [-0.4, -0.2) is 68.7 Å². The van der Waals surface area contributed by atoms with Gasteiger partial charge in [0.25, 0.3) is 5.91 Å². The molecule has 46 heavy (non-hydrogen) atoms. The number of para-hydroxylation sites is 1. The smallest absolute Gasteiger partial charge is 0.269 e. The van der Waals surface area contributed by atoms with Crippen LogP contribution in [0.5, 0.6) is 5.75 Å². The first kappa shape index (κ1) is 34.9. The molecule has 244 valence electrons. The minimum absolute atomic E-state index is 0.0293. The Morgan fingerprint density at radius 2 is 1.91 bits per heavy atom. The van der Waals surface area contributed by atoms with E-state index in [1.807, 2.05) is 31.9 Å². The topological polar surface area (TPSA) is 203 Å². The van der Waals surface area contributed by atoms with Gasteiger partial charge in [0.1, 0.15) is 23.0 Å². The van der Waals surface area contributed by atoms with Gasteiger partial charge in [0, 0.05) is 74.5 Å². The third-order valence-corrected chi connectivity index (χ3v) is 7.25. The third-order valence-electron chi connectivity index (χ3n) is 7.25. The number of methoxy groups -OCH3 is 1. The Kier molecular flexibility index (Phi) is 12.1. The van der Waals surface area contributed by atoms with Crippen LogP contribution in [0.2, 0.25) is 0 Å². The van der Waals surface area contributed by atoms with Crippen molar-refractivity contribution in [1.29, 1.82) is 0 Å². The molecule has 0 radical (unpaired) electrons. The number of aromatic nitrogens is 1. The molecular formula is C33H43N9O4. The van der Waals surface area contributed by atoms with Crippen molar-refractivity contribution >= 4 is 35.4 Å². The molecule has 1 aliphatic carbocycles. The number of aliphatic imine (C=N–C) groups is 1. The highest BCUT2D eigenvalue weighted by atomic mass is 16.5. The van der Waals surface area contributed by atoms with E-state index in [2.05, 4.69) is 25.9 Å². The first-order chi connectivity index (χ1) is 21.9. The summed E-state index contributed by atoms with van der Waals surface area (Å²) < 4.78 is 5.77. The normalized spacial score (nSPS) is 14.2. The van der Waals surface area contributed by atoms with Gasteiger partial charge >= 0.3 is 0 Å². The summed E-state index contributed by atoms with van der Waals surface area (Å²) in [6.45, 7) is 4.32. The number of allylic oxidation sites excluding steroid dienone is 2. The average Bonchev–Trinajstić information content (AvgIpc) is 3.89. The molecule has 0 atom stereocenters. The predicted molar refractivity (Wildman–Crippen MR) is 180 cm³/mol. The van der Waals surface area contributed by atoms with E-state index in [4.69, 9.17) is 21.9 Å². The second-order valence-electron chi connectivity index (χ2n) is 11.0. The van der Waals surface area contributed by atoms with Crippen LogP contribution in [0.25, 0.3) is 16.8 Å². The van der Waals surface area contributed by atoms with E-state index in [-0.39, 0.29) is 40.7 Å². The number of amides is 2. The van der Waals surface area contributed by atoms with Crippen molar-refractivity contribution in [2.24, 2.45) is 34.0 Å². The van der Waals surface area contributed by atoms with E-state index < -0.39 is 5.91 Å². The highest BCUT2D eigenvalue weighted by Gasteiger charge is 2.29. The van der Waals surface area contributed by atoms with Crippen LogP contribution in [0.15, 0.2) is 76.1 Å². The Morgan fingerprint density at radius 3 is 2.46 bits per heavy atom. The Balaban J connectivity index is 1.94. The van der Waals surface area contributed by atoms with Crippen LogP contribution >= 0.6 is 0 Å². The van der Waals surface area contributed by atoms with Crippen molar-refractivity contribution in [1.82, 2.24) is 20.5 Å². The van der Waals surface area contributed by atoms with Crippen LogP contribution in [0, 0.1) is 11.8 Å². The molecule has 0 unspecified atom stereocenters. The molecule has 1 saturated carbocycles. The van der Waals surface area contributed by atoms with E-state index in [0.717, 1.165) is 18.4 Å². The molecule has 0 aliphatic heterocycles. The highest BCUT2D eigenvalue weighted by molar-refractivity contribution is 5.94. The number of benzene rings is 1. The van der Waals surface area contributed by atoms with Gasteiger partial charge in [0.05, 0.1) is 24.2 Å². The summed E-state index contributed by atoms with van der Waals surface area (Å²) in [6, 6.07) is 8.89. The number of hydrogen-bond acceptors (Lipinski definition) is 11. The van der Waals surface area contributed by atoms with Crippen LogP contribution in [0.4, 0.5) is 5.69 Å². The van der Waals surface area contributed by atoms with Crippen molar-refractivity contribution in [2.45, 2.75) is 26.7 Å². The van der Waals surface area contributed by atoms with Gasteiger partial charge in [-0.3, -0.25) is 19.6 Å². The molecule has 2 amide bonds. The number of hydrogen-bond donors (Lipinski definition) is 6. The monoisotopic (exact) mass is 629 g/mol. The Labute approximate surface area is 269 Å². The van der Waals surface area contributed by atoms with Crippen LogP contribution in [0.1, 0.15) is 32.4 Å². The Hall–Kier alpha value is -5.55. The number of carbonyl (C=O) groups is 2. The molecule has 1 aliphatic rings. The number of nitrogens with one attached hydrogen (secondary N) is 3. The zero-order valence-electron chi connectivity index (χ0n) is 27.1. The summed E-state index contributed by atoms with van der Waals surface area (Å²) in [5.41, 5.74) is 22.5. The number of nitrogens with zero attached hydrogens (tertiary/aromatic N) is 3. The van der Waals surface area contributed by atoms with E-state index in [1.165, 1.54) is 20.2 Å². The number of rotatable bonds is 14. The summed E-state index contributed by atoms with van der Waals surface area (Å²) in [5.74, 6) is 1.77. The summed E-state index contributed by atoms with van der Waals surface area (Å²) in [4.78, 5) is 47.1. The maximum absolute atomic E-state index is 12.4. The van der Waals surface area contributed by atoms with E-state index in [1.54, 1.807) is 49.6 Å². The fourth-order valence-electron chi connectivity index (χ4n) is 4.53. The van der Waals surface area contributed by atoms with Gasteiger partial charge in [-0.05, 0) is 30.9 Å². The largest absolute Gasteiger partial charge is 0.494 e. The fourth-order valence-corrected chi connectivity index (χ4v) is 4.53. The standard InChI is InChI=1S/C33H43N9O4/c1-19(2)29(35)22(15-37-3)17-42(5)27(18-43)24-13-12-21(16-39-24)23-8-7-9-25(31(23)46-6)40-26(30(36)33(45)38-4)14-28(34)41-32(44)20-10-11-20/h7-9,12-16,19-20,40H,10-11,17,34-36H2,1-6H3,(H,38,45)(H,41,44)/b28-14+,29-22+,30-26+,37-15?. The van der Waals surface area contributed by atoms with Crippen molar-refractivity contribution in [3.8, 4) is 16.9 Å². The number of nitrogens with two attached hydrogens (primary N) is 3. The molecule has 3 rings (SSSR count). The van der Waals surface area contributed by atoms with Crippen molar-refractivity contribution in [2.75, 3.05) is 40.1 Å². The van der Waals surface area contributed by atoms with Gasteiger partial charge in [-0.1, -0.05) is 32.0 Å². The van der Waals surface area contributed by atoms with Gasteiger partial charge in [0.2, 0.25) is 5.91 Å². The molecule has 9 N–H and O–H groups in total. The highest BCUT2D eigenvalue weighted by Crippen LogP contribution is 2.37. The third kappa shape index (κ3) is 8.76. The first-order valence-corrected chi connectivity index (χ1v) is 14.7. The van der Waals surface area contributed by atoms with Gasteiger partial charge in [-0.2, -0.15) is 0 Å². The fraction of sp³-hybridized carbons (Fsp3) is 0.333. The molecule has 1 fully saturated rings. The van der Waals surface area contributed by atoms with Gasteiger partial charge in [-0.25, -0.2) is 4.79 Å². The number of carbonyl (C=O) groups excluding carboxylic acids is 3. The molecule has 1 heterocycles. The van der Waals surface area contributed by atoms with E-state index in [9.17, 15) is 14.4 Å². The van der Waals surface area contributed by atoms with Crippen molar-refractivity contribution in [3.05, 3.63) is 76.8 Å². The average molecular weight is 630 g/mol. The molecule has 0 bridgehead atoms. The number of likely N-dealkylation sites (N-methyl/N-ethyl adjacent to an activating group) is 2. The second kappa shape index (κ2) is 16.0. The summed E-state index contributed by atoms with van der Waals surface area (Å²) >= 11 is 0. The summed E-state index contributed by atoms with van der Waals surface area (Å²) in [7, 11) is 6.39. The molecule has 2 aromatic rings. The molecular weight excluding hydrogens is 586 g/mol. The summed E-state index contributed by atoms with van der Waals surface area (Å²) in [6.07, 6.45) is 6.32. The second-order valence-corrected chi connectivity index (χ2v) is 11.0. The molecule has 1 aromatic heterocycles. The van der Waals surface area contributed by atoms with Crippen LogP contribution in [-0.2, 0) is 14.4 Å². The quantitative estimate of drug-likeness (QED) is 0.0777. The minimum atomic E-state index is -0.546. The molecule has 1 aromatic carbocycles. The zero-order chi connectivity index (χ0) is 34.0. The molecule has 0 spiro atoms. The lowest BCUT2D eigenvalue weighted by Crippen LogP contribution is -2.31. The maximum atomic E-state index is 12.4. The van der Waals surface area contributed by atoms with Crippen LogP contribution < -0.4 is 37.9 Å². The summed E-state index contributed by atoms with van der Waals surface area (Å²) in [5, 5.41) is 8.25. The lowest BCUT2D eigenvalue weighted by atomic mass is 10.0. The number of ether oxygens (including phenoxy) is 1. The number of anilines is 1.